The number of carbonyl (C=O) groups excluding carboxylic acids is 1. The molecule has 0 aliphatic heterocycles. The molecule has 0 aliphatic carbocycles. The summed E-state index contributed by atoms with van der Waals surface area (Å²) in [5.74, 6) is -0.0223. The lowest BCUT2D eigenvalue weighted by Crippen LogP contribution is -2.44. The zero-order valence-electron chi connectivity index (χ0n) is 10.4. The molecule has 1 amide bonds. The predicted molar refractivity (Wildman–Crippen MR) is 64.4 cm³/mol. The minimum atomic E-state index is -0.325. The molecule has 0 atom stereocenters. The van der Waals surface area contributed by atoms with Gasteiger partial charge in [-0.1, -0.05) is 6.92 Å². The van der Waals surface area contributed by atoms with Gasteiger partial charge in [-0.15, -0.1) is 0 Å². The monoisotopic (exact) mass is 239 g/mol. The van der Waals surface area contributed by atoms with Crippen molar-refractivity contribution in [1.82, 2.24) is 5.32 Å². The van der Waals surface area contributed by atoms with Crippen LogP contribution in [0.25, 0.3) is 0 Å². The van der Waals surface area contributed by atoms with Crippen LogP contribution in [-0.4, -0.2) is 18.1 Å². The highest BCUT2D eigenvalue weighted by atomic mass is 19.1. The summed E-state index contributed by atoms with van der Waals surface area (Å²) in [6.07, 6.45) is 0.843. The van der Waals surface area contributed by atoms with Crippen molar-refractivity contribution in [2.75, 3.05) is 6.61 Å². The molecule has 0 aromatic heterocycles. The second-order valence-corrected chi connectivity index (χ2v) is 4.53. The van der Waals surface area contributed by atoms with E-state index in [4.69, 9.17) is 4.74 Å². The van der Waals surface area contributed by atoms with Gasteiger partial charge in [-0.3, -0.25) is 4.79 Å². The molecule has 3 nitrogen and oxygen atoms in total. The van der Waals surface area contributed by atoms with Gasteiger partial charge in [0.15, 0.2) is 6.61 Å². The van der Waals surface area contributed by atoms with Gasteiger partial charge in [0.25, 0.3) is 5.91 Å². The summed E-state index contributed by atoms with van der Waals surface area (Å²) in [4.78, 5) is 11.5. The first kappa shape index (κ1) is 13.5. The van der Waals surface area contributed by atoms with E-state index in [0.717, 1.165) is 6.42 Å². The van der Waals surface area contributed by atoms with E-state index in [0.29, 0.717) is 5.75 Å². The van der Waals surface area contributed by atoms with E-state index in [1.54, 1.807) is 0 Å². The summed E-state index contributed by atoms with van der Waals surface area (Å²) in [7, 11) is 0. The van der Waals surface area contributed by atoms with E-state index >= 15 is 0 Å². The Morgan fingerprint density at radius 2 is 1.94 bits per heavy atom. The van der Waals surface area contributed by atoms with Crippen molar-refractivity contribution in [3.63, 3.8) is 0 Å². The summed E-state index contributed by atoms with van der Waals surface area (Å²) in [6.45, 7) is 5.84. The van der Waals surface area contributed by atoms with Crippen molar-refractivity contribution >= 4 is 5.91 Å². The number of benzene rings is 1. The molecule has 94 valence electrons. The Bertz CT molecular complexity index is 374. The molecule has 1 rings (SSSR count). The number of ether oxygens (including phenoxy) is 1. The molecule has 0 radical (unpaired) electrons. The average Bonchev–Trinajstić information content (AvgIpc) is 2.28. The first-order valence-corrected chi connectivity index (χ1v) is 5.62. The van der Waals surface area contributed by atoms with E-state index in [9.17, 15) is 9.18 Å². The Balaban J connectivity index is 2.41. The van der Waals surface area contributed by atoms with Crippen LogP contribution in [-0.2, 0) is 4.79 Å². The van der Waals surface area contributed by atoms with E-state index in [1.807, 2.05) is 20.8 Å². The Kier molecular flexibility index (Phi) is 4.49. The summed E-state index contributed by atoms with van der Waals surface area (Å²) >= 11 is 0. The Morgan fingerprint density at radius 1 is 1.35 bits per heavy atom. The van der Waals surface area contributed by atoms with E-state index < -0.39 is 0 Å². The minimum Gasteiger partial charge on any atom is -0.484 e. The van der Waals surface area contributed by atoms with Gasteiger partial charge in [-0.2, -0.15) is 0 Å². The van der Waals surface area contributed by atoms with Gasteiger partial charge in [-0.05, 0) is 44.5 Å². The lowest BCUT2D eigenvalue weighted by atomic mass is 10.0. The summed E-state index contributed by atoms with van der Waals surface area (Å²) in [5.41, 5.74) is -0.233. The molecule has 0 saturated carbocycles. The standard InChI is InChI=1S/C13H18FNO2/c1-4-13(2,3)15-12(16)9-17-11-7-5-10(14)6-8-11/h5-8H,4,9H2,1-3H3,(H,15,16). The van der Waals surface area contributed by atoms with Crippen molar-refractivity contribution < 1.29 is 13.9 Å². The smallest absolute Gasteiger partial charge is 0.258 e. The van der Waals surface area contributed by atoms with Crippen LogP contribution in [0.15, 0.2) is 24.3 Å². The first-order chi connectivity index (χ1) is 7.93. The van der Waals surface area contributed by atoms with Crippen LogP contribution >= 0.6 is 0 Å². The normalized spacial score (nSPS) is 11.1. The molecule has 17 heavy (non-hydrogen) atoms. The van der Waals surface area contributed by atoms with Gasteiger partial charge in [0, 0.05) is 5.54 Å². The molecule has 1 aromatic carbocycles. The van der Waals surface area contributed by atoms with Gasteiger partial charge in [0.05, 0.1) is 0 Å². The lowest BCUT2D eigenvalue weighted by molar-refractivity contribution is -0.124. The van der Waals surface area contributed by atoms with Crippen molar-refractivity contribution in [2.45, 2.75) is 32.7 Å². The third kappa shape index (κ3) is 4.85. The van der Waals surface area contributed by atoms with Gasteiger partial charge in [0.1, 0.15) is 11.6 Å². The van der Waals surface area contributed by atoms with Crippen molar-refractivity contribution in [3.05, 3.63) is 30.1 Å². The Morgan fingerprint density at radius 3 is 2.47 bits per heavy atom. The van der Waals surface area contributed by atoms with Gasteiger partial charge in [0.2, 0.25) is 0 Å². The maximum absolute atomic E-state index is 12.6. The average molecular weight is 239 g/mol. The Labute approximate surface area is 101 Å². The van der Waals surface area contributed by atoms with Crippen LogP contribution in [0, 0.1) is 5.82 Å². The fourth-order valence-corrected chi connectivity index (χ4v) is 1.18. The third-order valence-corrected chi connectivity index (χ3v) is 2.55. The molecule has 1 N–H and O–H groups in total. The molecule has 0 bridgehead atoms. The Hall–Kier alpha value is -1.58. The number of rotatable bonds is 5. The number of carbonyl (C=O) groups is 1. The fraction of sp³-hybridized carbons (Fsp3) is 0.462. The van der Waals surface area contributed by atoms with Gasteiger partial charge >= 0.3 is 0 Å². The van der Waals surface area contributed by atoms with Crippen molar-refractivity contribution in [3.8, 4) is 5.75 Å². The molecular weight excluding hydrogens is 221 g/mol. The number of halogens is 1. The highest BCUT2D eigenvalue weighted by Gasteiger charge is 2.17. The van der Waals surface area contributed by atoms with Crippen LogP contribution in [0.1, 0.15) is 27.2 Å². The number of nitrogens with one attached hydrogen (secondary N) is 1. The molecule has 0 saturated heterocycles. The molecule has 0 heterocycles. The van der Waals surface area contributed by atoms with E-state index in [1.165, 1.54) is 24.3 Å². The summed E-state index contributed by atoms with van der Waals surface area (Å²) < 4.78 is 17.9. The largest absolute Gasteiger partial charge is 0.484 e. The summed E-state index contributed by atoms with van der Waals surface area (Å²) in [5, 5.41) is 2.85. The van der Waals surface area contributed by atoms with Crippen LogP contribution in [0.2, 0.25) is 0 Å². The number of hydrogen-bond donors (Lipinski definition) is 1. The van der Waals surface area contributed by atoms with Gasteiger partial charge < -0.3 is 10.1 Å². The van der Waals surface area contributed by atoms with Gasteiger partial charge in [-0.25, -0.2) is 4.39 Å². The quantitative estimate of drug-likeness (QED) is 0.857. The maximum Gasteiger partial charge on any atom is 0.258 e. The molecule has 0 unspecified atom stereocenters. The molecule has 0 aliphatic rings. The third-order valence-electron chi connectivity index (χ3n) is 2.55. The molecule has 4 heteroatoms. The molecule has 1 aromatic rings. The molecular formula is C13H18FNO2. The lowest BCUT2D eigenvalue weighted by Gasteiger charge is -2.24. The van der Waals surface area contributed by atoms with Crippen LogP contribution < -0.4 is 10.1 Å². The molecule has 0 spiro atoms. The predicted octanol–water partition coefficient (Wildman–Crippen LogP) is 2.51. The van der Waals surface area contributed by atoms with Crippen LogP contribution in [0.3, 0.4) is 0 Å². The zero-order valence-corrected chi connectivity index (χ0v) is 10.4. The minimum absolute atomic E-state index is 0.0605. The highest BCUT2D eigenvalue weighted by Crippen LogP contribution is 2.11. The number of amides is 1. The van der Waals surface area contributed by atoms with Crippen molar-refractivity contribution in [2.24, 2.45) is 0 Å². The van der Waals surface area contributed by atoms with E-state index in [2.05, 4.69) is 5.32 Å². The van der Waals surface area contributed by atoms with Crippen LogP contribution in [0.4, 0.5) is 4.39 Å². The number of hydrogen-bond acceptors (Lipinski definition) is 2. The topological polar surface area (TPSA) is 38.3 Å². The second kappa shape index (κ2) is 5.66. The fourth-order valence-electron chi connectivity index (χ4n) is 1.18. The van der Waals surface area contributed by atoms with Crippen molar-refractivity contribution in [1.29, 1.82) is 0 Å². The molecule has 0 fully saturated rings. The maximum atomic E-state index is 12.6. The second-order valence-electron chi connectivity index (χ2n) is 4.53. The highest BCUT2D eigenvalue weighted by molar-refractivity contribution is 5.78. The van der Waals surface area contributed by atoms with Crippen LogP contribution in [0.5, 0.6) is 5.75 Å². The first-order valence-electron chi connectivity index (χ1n) is 5.62. The zero-order chi connectivity index (χ0) is 12.9. The summed E-state index contributed by atoms with van der Waals surface area (Å²) in [6, 6.07) is 5.58. The SMILES string of the molecule is CCC(C)(C)NC(=O)COc1ccc(F)cc1. The van der Waals surface area contributed by atoms with E-state index in [-0.39, 0.29) is 23.9 Å².